The van der Waals surface area contributed by atoms with Gasteiger partial charge in [-0.2, -0.15) is 0 Å². The summed E-state index contributed by atoms with van der Waals surface area (Å²) in [5.41, 5.74) is 3.61. The number of nitrogens with zero attached hydrogens (tertiary/aromatic N) is 2. The van der Waals surface area contributed by atoms with E-state index in [1.165, 1.54) is 16.7 Å². The fraction of sp³-hybridized carbons (Fsp3) is 0.481. The summed E-state index contributed by atoms with van der Waals surface area (Å²) < 4.78 is 11.8. The van der Waals surface area contributed by atoms with Crippen molar-refractivity contribution in [3.63, 3.8) is 0 Å². The van der Waals surface area contributed by atoms with Gasteiger partial charge in [0.05, 0.1) is 0 Å². The van der Waals surface area contributed by atoms with Crippen molar-refractivity contribution in [1.29, 1.82) is 0 Å². The van der Waals surface area contributed by atoms with E-state index in [4.69, 9.17) is 9.47 Å². The predicted molar refractivity (Wildman–Crippen MR) is 133 cm³/mol. The Bertz CT molecular complexity index is 761. The van der Waals surface area contributed by atoms with Gasteiger partial charge in [0.1, 0.15) is 24.7 Å². The molecular formula is C27H40N2O2. The molecule has 0 aliphatic carbocycles. The zero-order valence-electron chi connectivity index (χ0n) is 20.1. The normalized spacial score (nSPS) is 11.9. The fourth-order valence-electron chi connectivity index (χ4n) is 3.47. The molecule has 0 saturated heterocycles. The molecule has 0 fully saturated rings. The number of allylic oxidation sites excluding steroid dienone is 1. The highest BCUT2D eigenvalue weighted by Gasteiger charge is 2.02. The Morgan fingerprint density at radius 1 is 0.677 bits per heavy atom. The van der Waals surface area contributed by atoms with Gasteiger partial charge in [-0.3, -0.25) is 0 Å². The van der Waals surface area contributed by atoms with E-state index >= 15 is 0 Å². The summed E-state index contributed by atoms with van der Waals surface area (Å²) in [7, 11) is 0. The van der Waals surface area contributed by atoms with Crippen LogP contribution in [0, 0.1) is 0 Å². The van der Waals surface area contributed by atoms with Gasteiger partial charge < -0.3 is 19.3 Å². The molecule has 0 bridgehead atoms. The lowest BCUT2D eigenvalue weighted by molar-refractivity contribution is 0.223. The quantitative estimate of drug-likeness (QED) is 0.364. The molecule has 0 spiro atoms. The molecule has 0 amide bonds. The molecule has 0 aliphatic heterocycles. The van der Waals surface area contributed by atoms with Crippen LogP contribution in [-0.2, 0) is 0 Å². The van der Waals surface area contributed by atoms with E-state index in [0.717, 1.165) is 64.0 Å². The Labute approximate surface area is 189 Å². The van der Waals surface area contributed by atoms with Crippen molar-refractivity contribution < 1.29 is 9.47 Å². The lowest BCUT2D eigenvalue weighted by Crippen LogP contribution is -2.27. The van der Waals surface area contributed by atoms with Crippen molar-refractivity contribution in [2.75, 3.05) is 52.5 Å². The third-order valence-electron chi connectivity index (χ3n) is 5.71. The highest BCUT2D eigenvalue weighted by atomic mass is 16.5. The summed E-state index contributed by atoms with van der Waals surface area (Å²) in [5.74, 6) is 1.85. The van der Waals surface area contributed by atoms with Crippen LogP contribution < -0.4 is 9.47 Å². The number of hydrogen-bond donors (Lipinski definition) is 0. The van der Waals surface area contributed by atoms with Crippen molar-refractivity contribution in [2.24, 2.45) is 0 Å². The second-order valence-electron chi connectivity index (χ2n) is 7.67. The molecule has 170 valence electrons. The standard InChI is InChI=1S/C27H40N2O2/c1-6-28(7-2)18-20-30-26-14-10-24(11-15-26)22-23(5)25-12-16-27(17-13-25)31-21-19-29(8-3)9-4/h10-17,22H,6-9,18-21H2,1-5H3/b23-22+. The van der Waals surface area contributed by atoms with Gasteiger partial charge in [-0.1, -0.05) is 58.0 Å². The maximum atomic E-state index is 5.89. The minimum absolute atomic E-state index is 0.721. The van der Waals surface area contributed by atoms with E-state index in [0.29, 0.717) is 0 Å². The second kappa shape index (κ2) is 13.9. The maximum Gasteiger partial charge on any atom is 0.119 e. The number of likely N-dealkylation sites (N-methyl/N-ethyl adjacent to an activating group) is 2. The van der Waals surface area contributed by atoms with E-state index in [1.54, 1.807) is 0 Å². The summed E-state index contributed by atoms with van der Waals surface area (Å²) in [5, 5.41) is 0. The van der Waals surface area contributed by atoms with Crippen molar-refractivity contribution in [1.82, 2.24) is 9.80 Å². The number of ether oxygens (including phenoxy) is 2. The maximum absolute atomic E-state index is 5.89. The number of rotatable bonds is 14. The smallest absolute Gasteiger partial charge is 0.119 e. The number of hydrogen-bond acceptors (Lipinski definition) is 4. The minimum Gasteiger partial charge on any atom is -0.492 e. The minimum atomic E-state index is 0.721. The monoisotopic (exact) mass is 424 g/mol. The first-order valence-corrected chi connectivity index (χ1v) is 11.7. The second-order valence-corrected chi connectivity index (χ2v) is 7.67. The van der Waals surface area contributed by atoms with Gasteiger partial charge in [0, 0.05) is 13.1 Å². The van der Waals surface area contributed by atoms with Gasteiger partial charge in [-0.15, -0.1) is 0 Å². The lowest BCUT2D eigenvalue weighted by Gasteiger charge is -2.18. The van der Waals surface area contributed by atoms with Gasteiger partial charge >= 0.3 is 0 Å². The molecule has 0 aromatic heterocycles. The van der Waals surface area contributed by atoms with Gasteiger partial charge in [0.15, 0.2) is 0 Å². The summed E-state index contributed by atoms with van der Waals surface area (Å²) in [6.07, 6.45) is 2.20. The van der Waals surface area contributed by atoms with Crippen LogP contribution in [0.15, 0.2) is 48.5 Å². The molecule has 0 unspecified atom stereocenters. The van der Waals surface area contributed by atoms with Crippen LogP contribution in [0.3, 0.4) is 0 Å². The van der Waals surface area contributed by atoms with Crippen molar-refractivity contribution >= 4 is 11.6 Å². The number of benzene rings is 2. The molecule has 0 atom stereocenters. The van der Waals surface area contributed by atoms with Crippen molar-refractivity contribution in [3.8, 4) is 11.5 Å². The summed E-state index contributed by atoms with van der Waals surface area (Å²) >= 11 is 0. The average molecular weight is 425 g/mol. The van der Waals surface area contributed by atoms with Gasteiger partial charge in [0.25, 0.3) is 0 Å². The zero-order valence-corrected chi connectivity index (χ0v) is 20.1. The highest BCUT2D eigenvalue weighted by Crippen LogP contribution is 2.22. The highest BCUT2D eigenvalue weighted by molar-refractivity contribution is 5.80. The van der Waals surface area contributed by atoms with Crippen LogP contribution in [0.2, 0.25) is 0 Å². The molecule has 2 aromatic rings. The molecule has 0 aliphatic rings. The summed E-state index contributed by atoms with van der Waals surface area (Å²) in [4.78, 5) is 4.73. The van der Waals surface area contributed by atoms with Crippen molar-refractivity contribution in [2.45, 2.75) is 34.6 Å². The molecule has 0 heterocycles. The van der Waals surface area contributed by atoms with E-state index in [2.05, 4.69) is 86.9 Å². The van der Waals surface area contributed by atoms with Crippen LogP contribution in [-0.4, -0.2) is 62.3 Å². The Morgan fingerprint density at radius 2 is 1.10 bits per heavy atom. The Kier molecular flexibility index (Phi) is 11.2. The molecule has 2 aromatic carbocycles. The van der Waals surface area contributed by atoms with Gasteiger partial charge in [0.2, 0.25) is 0 Å². The molecule has 2 rings (SSSR count). The molecule has 4 heteroatoms. The zero-order chi connectivity index (χ0) is 22.5. The van der Waals surface area contributed by atoms with Crippen LogP contribution in [0.5, 0.6) is 11.5 Å². The first-order chi connectivity index (χ1) is 15.1. The van der Waals surface area contributed by atoms with Crippen molar-refractivity contribution in [3.05, 3.63) is 59.7 Å². The summed E-state index contributed by atoms with van der Waals surface area (Å²) in [6.45, 7) is 18.5. The van der Waals surface area contributed by atoms with E-state index in [9.17, 15) is 0 Å². The fourth-order valence-corrected chi connectivity index (χ4v) is 3.47. The molecular weight excluding hydrogens is 384 g/mol. The van der Waals surface area contributed by atoms with E-state index < -0.39 is 0 Å². The molecule has 0 radical (unpaired) electrons. The topological polar surface area (TPSA) is 24.9 Å². The largest absolute Gasteiger partial charge is 0.492 e. The average Bonchev–Trinajstić information content (AvgIpc) is 2.81. The first kappa shape index (κ1) is 25.0. The summed E-state index contributed by atoms with van der Waals surface area (Å²) in [6, 6.07) is 16.7. The third-order valence-corrected chi connectivity index (χ3v) is 5.71. The van der Waals surface area contributed by atoms with Crippen LogP contribution >= 0.6 is 0 Å². The first-order valence-electron chi connectivity index (χ1n) is 11.7. The van der Waals surface area contributed by atoms with Crippen LogP contribution in [0.4, 0.5) is 0 Å². The van der Waals surface area contributed by atoms with E-state index in [1.807, 2.05) is 12.1 Å². The SMILES string of the molecule is CCN(CC)CCOc1ccc(/C=C(\C)c2ccc(OCCN(CC)CC)cc2)cc1. The molecule has 0 N–H and O–H groups in total. The molecule has 4 nitrogen and oxygen atoms in total. The molecule has 0 saturated carbocycles. The van der Waals surface area contributed by atoms with E-state index in [-0.39, 0.29) is 0 Å². The van der Waals surface area contributed by atoms with Gasteiger partial charge in [-0.25, -0.2) is 0 Å². The van der Waals surface area contributed by atoms with Gasteiger partial charge in [-0.05, 0) is 74.1 Å². The Balaban J connectivity index is 1.86. The van der Waals surface area contributed by atoms with Crippen LogP contribution in [0.1, 0.15) is 45.7 Å². The molecule has 31 heavy (non-hydrogen) atoms. The Morgan fingerprint density at radius 3 is 1.52 bits per heavy atom. The third kappa shape index (κ3) is 8.76. The van der Waals surface area contributed by atoms with Crippen LogP contribution in [0.25, 0.3) is 11.6 Å². The Hall–Kier alpha value is -2.30. The lowest BCUT2D eigenvalue weighted by atomic mass is 10.0. The predicted octanol–water partition coefficient (Wildman–Crippen LogP) is 5.69.